The van der Waals surface area contributed by atoms with Crippen LogP contribution in [0.25, 0.3) is 0 Å². The summed E-state index contributed by atoms with van der Waals surface area (Å²) in [7, 11) is 0. The normalized spacial score (nSPS) is 12.0. The van der Waals surface area contributed by atoms with Crippen LogP contribution in [0.2, 0.25) is 5.02 Å². The van der Waals surface area contributed by atoms with Crippen molar-refractivity contribution in [2.45, 2.75) is 52.4 Å². The van der Waals surface area contributed by atoms with Crippen LogP contribution in [0, 0.1) is 19.8 Å². The molecule has 34 heavy (non-hydrogen) atoms. The highest BCUT2D eigenvalue weighted by Crippen LogP contribution is 2.26. The summed E-state index contributed by atoms with van der Waals surface area (Å²) in [6, 6.07) is 12.5. The van der Waals surface area contributed by atoms with Gasteiger partial charge in [0, 0.05) is 12.2 Å². The lowest BCUT2D eigenvalue weighted by Gasteiger charge is -2.22. The predicted molar refractivity (Wildman–Crippen MR) is 137 cm³/mol. The number of aryl methyl sites for hydroxylation is 2. The maximum atomic E-state index is 12.9. The van der Waals surface area contributed by atoms with Crippen molar-refractivity contribution in [3.05, 3.63) is 70.0 Å². The number of hydrogen-bond donors (Lipinski definition) is 2. The Labute approximate surface area is 209 Å². The van der Waals surface area contributed by atoms with Gasteiger partial charge in [-0.15, -0.1) is 10.2 Å². The second kappa shape index (κ2) is 11.5. The summed E-state index contributed by atoms with van der Waals surface area (Å²) in [4.78, 5) is 25.5. The van der Waals surface area contributed by atoms with Gasteiger partial charge in [0.25, 0.3) is 5.91 Å². The monoisotopic (exact) mass is 499 g/mol. The topological polar surface area (TPSA) is 88.9 Å². The summed E-state index contributed by atoms with van der Waals surface area (Å²) >= 11 is 7.52. The number of carbonyl (C=O) groups is 2. The van der Waals surface area contributed by atoms with Gasteiger partial charge in [-0.1, -0.05) is 61.5 Å². The van der Waals surface area contributed by atoms with Gasteiger partial charge in [0.1, 0.15) is 0 Å². The van der Waals surface area contributed by atoms with Crippen molar-refractivity contribution in [3.8, 4) is 0 Å². The van der Waals surface area contributed by atoms with E-state index in [2.05, 4.69) is 20.8 Å². The molecular formula is C25H30ClN5O2S. The molecule has 9 heteroatoms. The first-order valence-corrected chi connectivity index (χ1v) is 12.6. The first kappa shape index (κ1) is 25.8. The molecule has 1 aromatic heterocycles. The van der Waals surface area contributed by atoms with Gasteiger partial charge in [0.15, 0.2) is 11.0 Å². The summed E-state index contributed by atoms with van der Waals surface area (Å²) in [5.74, 6) is 0.529. The number of hydrogen-bond acceptors (Lipinski definition) is 5. The third kappa shape index (κ3) is 6.18. The number of amides is 2. The van der Waals surface area contributed by atoms with E-state index >= 15 is 0 Å². The van der Waals surface area contributed by atoms with E-state index in [-0.39, 0.29) is 29.5 Å². The number of nitrogens with zero attached hydrogens (tertiary/aromatic N) is 3. The Balaban J connectivity index is 1.73. The third-order valence-corrected chi connectivity index (χ3v) is 6.71. The first-order valence-electron chi connectivity index (χ1n) is 11.2. The van der Waals surface area contributed by atoms with E-state index in [4.69, 9.17) is 11.6 Å². The Hall–Kier alpha value is -2.84. The van der Waals surface area contributed by atoms with E-state index in [1.165, 1.54) is 11.8 Å². The van der Waals surface area contributed by atoms with Crippen molar-refractivity contribution in [2.24, 2.45) is 5.92 Å². The highest BCUT2D eigenvalue weighted by molar-refractivity contribution is 7.99. The molecular weight excluding hydrogens is 470 g/mol. The van der Waals surface area contributed by atoms with Gasteiger partial charge in [-0.05, 0) is 56.0 Å². The molecule has 1 heterocycles. The molecule has 2 amide bonds. The van der Waals surface area contributed by atoms with Crippen molar-refractivity contribution < 1.29 is 9.59 Å². The van der Waals surface area contributed by atoms with Crippen LogP contribution >= 0.6 is 23.4 Å². The van der Waals surface area contributed by atoms with Gasteiger partial charge in [0.05, 0.1) is 22.4 Å². The second-order valence-electron chi connectivity index (χ2n) is 8.42. The average molecular weight is 500 g/mol. The zero-order valence-electron chi connectivity index (χ0n) is 20.1. The number of aromatic nitrogens is 3. The molecule has 0 bridgehead atoms. The fourth-order valence-electron chi connectivity index (χ4n) is 3.51. The number of halogens is 1. The van der Waals surface area contributed by atoms with Crippen LogP contribution in [0.15, 0.2) is 47.6 Å². The lowest BCUT2D eigenvalue weighted by Crippen LogP contribution is -2.34. The Bertz CT molecular complexity index is 1180. The van der Waals surface area contributed by atoms with Crippen molar-refractivity contribution in [1.82, 2.24) is 20.1 Å². The molecule has 0 saturated carbocycles. The summed E-state index contributed by atoms with van der Waals surface area (Å²) in [6.07, 6.45) is 0. The first-order chi connectivity index (χ1) is 16.2. The van der Waals surface area contributed by atoms with Crippen LogP contribution in [-0.2, 0) is 11.3 Å². The standard InChI is InChI=1S/C25H30ClN5O2S/c1-6-31-23(22(15(2)3)28-24(33)18-9-7-8-10-19(18)26)29-30-25(31)34-14-21(32)27-20-13-16(4)11-12-17(20)5/h7-13,15,22H,6,14H2,1-5H3,(H,27,32)(H,28,33). The van der Waals surface area contributed by atoms with Gasteiger partial charge in [0.2, 0.25) is 5.91 Å². The van der Waals surface area contributed by atoms with Crippen LogP contribution in [0.1, 0.15) is 54.1 Å². The number of anilines is 1. The molecule has 1 atom stereocenters. The molecule has 0 saturated heterocycles. The summed E-state index contributed by atoms with van der Waals surface area (Å²) in [5.41, 5.74) is 3.32. The Morgan fingerprint density at radius 3 is 2.53 bits per heavy atom. The molecule has 0 fully saturated rings. The Morgan fingerprint density at radius 1 is 1.12 bits per heavy atom. The van der Waals surface area contributed by atoms with E-state index in [1.807, 2.05) is 57.4 Å². The number of rotatable bonds is 9. The van der Waals surface area contributed by atoms with Crippen molar-refractivity contribution >= 4 is 40.9 Å². The molecule has 180 valence electrons. The molecule has 2 N–H and O–H groups in total. The van der Waals surface area contributed by atoms with Gasteiger partial charge in [-0.3, -0.25) is 9.59 Å². The summed E-state index contributed by atoms with van der Waals surface area (Å²) in [6.45, 7) is 10.6. The quantitative estimate of drug-likeness (QED) is 0.383. The molecule has 0 aliphatic carbocycles. The van der Waals surface area contributed by atoms with Crippen LogP contribution < -0.4 is 10.6 Å². The summed E-state index contributed by atoms with van der Waals surface area (Å²) < 4.78 is 1.94. The van der Waals surface area contributed by atoms with Gasteiger partial charge >= 0.3 is 0 Å². The molecule has 0 spiro atoms. The molecule has 3 rings (SSSR count). The average Bonchev–Trinajstić information content (AvgIpc) is 3.21. The minimum absolute atomic E-state index is 0.0615. The molecule has 0 aliphatic rings. The molecule has 2 aromatic carbocycles. The van der Waals surface area contributed by atoms with Crippen LogP contribution in [-0.4, -0.2) is 32.3 Å². The fraction of sp³-hybridized carbons (Fsp3) is 0.360. The summed E-state index contributed by atoms with van der Waals surface area (Å²) in [5, 5.41) is 15.7. The van der Waals surface area contributed by atoms with Crippen LogP contribution in [0.4, 0.5) is 5.69 Å². The van der Waals surface area contributed by atoms with Gasteiger partial charge in [-0.2, -0.15) is 0 Å². The van der Waals surface area contributed by atoms with Gasteiger partial charge in [-0.25, -0.2) is 0 Å². The minimum Gasteiger partial charge on any atom is -0.342 e. The maximum absolute atomic E-state index is 12.9. The number of thioether (sulfide) groups is 1. The lowest BCUT2D eigenvalue weighted by atomic mass is 10.0. The molecule has 0 radical (unpaired) electrons. The lowest BCUT2D eigenvalue weighted by molar-refractivity contribution is -0.113. The van der Waals surface area contributed by atoms with Gasteiger partial charge < -0.3 is 15.2 Å². The van der Waals surface area contributed by atoms with Crippen molar-refractivity contribution in [3.63, 3.8) is 0 Å². The molecule has 0 aliphatic heterocycles. The minimum atomic E-state index is -0.366. The SMILES string of the molecule is CCn1c(SCC(=O)Nc2cc(C)ccc2C)nnc1C(NC(=O)c1ccccc1Cl)C(C)C. The highest BCUT2D eigenvalue weighted by atomic mass is 35.5. The Kier molecular flexibility index (Phi) is 8.74. The predicted octanol–water partition coefficient (Wildman–Crippen LogP) is 5.43. The number of carbonyl (C=O) groups excluding carboxylic acids is 2. The van der Waals surface area contributed by atoms with E-state index < -0.39 is 0 Å². The van der Waals surface area contributed by atoms with Crippen molar-refractivity contribution in [1.29, 1.82) is 0 Å². The van der Waals surface area contributed by atoms with Crippen LogP contribution in [0.5, 0.6) is 0 Å². The van der Waals surface area contributed by atoms with Crippen molar-refractivity contribution in [2.75, 3.05) is 11.1 Å². The fourth-order valence-corrected chi connectivity index (χ4v) is 4.55. The molecule has 3 aromatic rings. The zero-order valence-corrected chi connectivity index (χ0v) is 21.6. The third-order valence-electron chi connectivity index (χ3n) is 5.41. The van der Waals surface area contributed by atoms with E-state index in [1.54, 1.807) is 24.3 Å². The largest absolute Gasteiger partial charge is 0.342 e. The Morgan fingerprint density at radius 2 is 1.85 bits per heavy atom. The molecule has 1 unspecified atom stereocenters. The second-order valence-corrected chi connectivity index (χ2v) is 9.76. The smallest absolute Gasteiger partial charge is 0.253 e. The van der Waals surface area contributed by atoms with Crippen LogP contribution in [0.3, 0.4) is 0 Å². The maximum Gasteiger partial charge on any atom is 0.253 e. The highest BCUT2D eigenvalue weighted by Gasteiger charge is 2.26. The van der Waals surface area contributed by atoms with E-state index in [9.17, 15) is 9.59 Å². The van der Waals surface area contributed by atoms with E-state index in [0.29, 0.717) is 28.1 Å². The van der Waals surface area contributed by atoms with E-state index in [0.717, 1.165) is 16.8 Å². The molecule has 7 nitrogen and oxygen atoms in total. The number of benzene rings is 2. The number of nitrogens with one attached hydrogen (secondary N) is 2. The zero-order chi connectivity index (χ0) is 24.8.